The van der Waals surface area contributed by atoms with Crippen molar-refractivity contribution >= 4 is 23.0 Å². The zero-order chi connectivity index (χ0) is 22.8. The van der Waals surface area contributed by atoms with Crippen LogP contribution in [0.2, 0.25) is 0 Å². The van der Waals surface area contributed by atoms with Crippen LogP contribution >= 0.6 is 11.3 Å². The number of halogens is 1. The fourth-order valence-electron chi connectivity index (χ4n) is 3.73. The standard InChI is InChI=1S/C24H21FN2O4S/c1-14-22(32-23(26-14)16-6-4-3-5-7-16)20(28)18-19(15-8-10-17(25)11-9-15)27(12-13-31-2)24(30)21(18)29/h3-11,19,29H,12-13H2,1-2H3. The van der Waals surface area contributed by atoms with E-state index in [0.29, 0.717) is 21.1 Å². The van der Waals surface area contributed by atoms with Gasteiger partial charge in [0.05, 0.1) is 28.8 Å². The van der Waals surface area contributed by atoms with Crippen LogP contribution in [0.5, 0.6) is 0 Å². The van der Waals surface area contributed by atoms with Crippen LogP contribution < -0.4 is 0 Å². The number of aryl methyl sites for hydroxylation is 1. The fourth-order valence-corrected chi connectivity index (χ4v) is 4.76. The smallest absolute Gasteiger partial charge is 0.290 e. The van der Waals surface area contributed by atoms with Crippen molar-refractivity contribution in [3.05, 3.63) is 87.9 Å². The number of aliphatic hydroxyl groups excluding tert-OH is 1. The molecule has 1 atom stereocenters. The van der Waals surface area contributed by atoms with Crippen molar-refractivity contribution in [3.63, 3.8) is 0 Å². The summed E-state index contributed by atoms with van der Waals surface area (Å²) >= 11 is 1.21. The number of aliphatic hydroxyl groups is 1. The van der Waals surface area contributed by atoms with Gasteiger partial charge >= 0.3 is 0 Å². The Morgan fingerprint density at radius 3 is 2.53 bits per heavy atom. The van der Waals surface area contributed by atoms with E-state index in [9.17, 15) is 19.1 Å². The molecule has 1 N–H and O–H groups in total. The summed E-state index contributed by atoms with van der Waals surface area (Å²) in [4.78, 5) is 32.7. The Kier molecular flexibility index (Phi) is 6.16. The third-order valence-corrected chi connectivity index (χ3v) is 6.50. The van der Waals surface area contributed by atoms with Crippen LogP contribution in [-0.2, 0) is 9.53 Å². The van der Waals surface area contributed by atoms with E-state index in [1.807, 2.05) is 30.3 Å². The van der Waals surface area contributed by atoms with E-state index >= 15 is 0 Å². The number of aromatic nitrogens is 1. The number of thiazole rings is 1. The van der Waals surface area contributed by atoms with Gasteiger partial charge in [-0.15, -0.1) is 11.3 Å². The van der Waals surface area contributed by atoms with Crippen molar-refractivity contribution in [2.45, 2.75) is 13.0 Å². The first-order valence-electron chi connectivity index (χ1n) is 9.98. The van der Waals surface area contributed by atoms with Crippen molar-refractivity contribution in [3.8, 4) is 10.6 Å². The van der Waals surface area contributed by atoms with Gasteiger partial charge in [0.25, 0.3) is 5.91 Å². The highest BCUT2D eigenvalue weighted by atomic mass is 32.1. The van der Waals surface area contributed by atoms with E-state index in [0.717, 1.165) is 5.56 Å². The Hall–Kier alpha value is -3.36. The first-order chi connectivity index (χ1) is 15.4. The van der Waals surface area contributed by atoms with Gasteiger partial charge in [-0.25, -0.2) is 9.37 Å². The number of carbonyl (C=O) groups is 2. The molecular weight excluding hydrogens is 431 g/mol. The summed E-state index contributed by atoms with van der Waals surface area (Å²) in [5.74, 6) is -2.17. The third kappa shape index (κ3) is 3.94. The van der Waals surface area contributed by atoms with Crippen molar-refractivity contribution in [2.75, 3.05) is 20.3 Å². The Bertz CT molecular complexity index is 1190. The molecule has 0 bridgehead atoms. The summed E-state index contributed by atoms with van der Waals surface area (Å²) in [6.07, 6.45) is 0. The molecule has 0 aliphatic carbocycles. The average Bonchev–Trinajstić information content (AvgIpc) is 3.31. The zero-order valence-corrected chi connectivity index (χ0v) is 18.4. The number of methoxy groups -OCH3 is 1. The lowest BCUT2D eigenvalue weighted by molar-refractivity contribution is -0.130. The molecule has 32 heavy (non-hydrogen) atoms. The largest absolute Gasteiger partial charge is 0.503 e. The minimum Gasteiger partial charge on any atom is -0.503 e. The summed E-state index contributed by atoms with van der Waals surface area (Å²) in [6.45, 7) is 2.10. The van der Waals surface area contributed by atoms with Gasteiger partial charge in [-0.2, -0.15) is 0 Å². The van der Waals surface area contributed by atoms with E-state index < -0.39 is 29.3 Å². The molecule has 4 rings (SSSR count). The van der Waals surface area contributed by atoms with Gasteiger partial charge in [0, 0.05) is 19.2 Å². The maximum absolute atomic E-state index is 13.6. The van der Waals surface area contributed by atoms with Crippen LogP contribution in [0.3, 0.4) is 0 Å². The van der Waals surface area contributed by atoms with Gasteiger partial charge in [-0.05, 0) is 24.6 Å². The molecule has 3 aromatic rings. The lowest BCUT2D eigenvalue weighted by atomic mass is 9.95. The molecule has 2 aromatic carbocycles. The second-order valence-corrected chi connectivity index (χ2v) is 8.34. The molecule has 2 heterocycles. The van der Waals surface area contributed by atoms with Crippen LogP contribution in [0.15, 0.2) is 65.9 Å². The maximum Gasteiger partial charge on any atom is 0.290 e. The number of hydrogen-bond donors (Lipinski definition) is 1. The minimum atomic E-state index is -0.854. The summed E-state index contributed by atoms with van der Waals surface area (Å²) in [5, 5.41) is 11.4. The molecule has 0 fully saturated rings. The van der Waals surface area contributed by atoms with Crippen LogP contribution in [0, 0.1) is 12.7 Å². The fraction of sp³-hybridized carbons (Fsp3) is 0.208. The average molecular weight is 453 g/mol. The molecule has 1 unspecified atom stereocenters. The second-order valence-electron chi connectivity index (χ2n) is 7.34. The lowest BCUT2D eigenvalue weighted by Crippen LogP contribution is -2.34. The number of ketones is 1. The number of rotatable bonds is 7. The predicted molar refractivity (Wildman–Crippen MR) is 119 cm³/mol. The van der Waals surface area contributed by atoms with Gasteiger partial charge in [0.2, 0.25) is 5.78 Å². The van der Waals surface area contributed by atoms with Gasteiger partial charge in [0.15, 0.2) is 5.76 Å². The van der Waals surface area contributed by atoms with Crippen molar-refractivity contribution in [1.82, 2.24) is 9.88 Å². The van der Waals surface area contributed by atoms with Crippen LogP contribution in [0.4, 0.5) is 4.39 Å². The number of carbonyl (C=O) groups excluding carboxylic acids is 2. The molecule has 8 heteroatoms. The van der Waals surface area contributed by atoms with Gasteiger partial charge in [0.1, 0.15) is 10.8 Å². The van der Waals surface area contributed by atoms with Crippen molar-refractivity contribution in [1.29, 1.82) is 0 Å². The summed E-state index contributed by atoms with van der Waals surface area (Å²) in [7, 11) is 1.50. The normalized spacial score (nSPS) is 16.2. The Morgan fingerprint density at radius 2 is 1.88 bits per heavy atom. The van der Waals surface area contributed by atoms with E-state index in [1.165, 1.54) is 47.6 Å². The molecule has 1 aliphatic heterocycles. The Morgan fingerprint density at radius 1 is 1.19 bits per heavy atom. The molecule has 164 valence electrons. The second kappa shape index (κ2) is 9.02. The first-order valence-corrected chi connectivity index (χ1v) is 10.8. The number of benzene rings is 2. The quantitative estimate of drug-likeness (QED) is 0.535. The van der Waals surface area contributed by atoms with E-state index in [1.54, 1.807) is 6.92 Å². The molecular formula is C24H21FN2O4S. The minimum absolute atomic E-state index is 0.0379. The first kappa shape index (κ1) is 21.9. The Labute approximate surface area is 188 Å². The molecule has 1 amide bonds. The summed E-state index contributed by atoms with van der Waals surface area (Å²) in [6, 6.07) is 14.1. The predicted octanol–water partition coefficient (Wildman–Crippen LogP) is 4.48. The van der Waals surface area contributed by atoms with E-state index in [4.69, 9.17) is 4.74 Å². The SMILES string of the molecule is COCCN1C(=O)C(O)=C(C(=O)c2sc(-c3ccccc3)nc2C)C1c1ccc(F)cc1. The highest BCUT2D eigenvalue weighted by Crippen LogP contribution is 2.40. The monoisotopic (exact) mass is 452 g/mol. The molecule has 1 aromatic heterocycles. The van der Waals surface area contributed by atoms with Crippen LogP contribution in [-0.4, -0.2) is 46.9 Å². The van der Waals surface area contributed by atoms with E-state index in [-0.39, 0.29) is 18.7 Å². The van der Waals surface area contributed by atoms with Gasteiger partial charge in [-0.1, -0.05) is 42.5 Å². The third-order valence-electron chi connectivity index (χ3n) is 5.29. The topological polar surface area (TPSA) is 79.7 Å². The summed E-state index contributed by atoms with van der Waals surface area (Å²) in [5.41, 5.74) is 1.87. The molecule has 0 saturated heterocycles. The molecule has 6 nitrogen and oxygen atoms in total. The Balaban J connectivity index is 1.77. The van der Waals surface area contributed by atoms with Crippen LogP contribution in [0.1, 0.15) is 27.0 Å². The van der Waals surface area contributed by atoms with Crippen LogP contribution in [0.25, 0.3) is 10.6 Å². The molecule has 0 spiro atoms. The van der Waals surface area contributed by atoms with Gasteiger partial charge in [-0.3, -0.25) is 9.59 Å². The maximum atomic E-state index is 13.6. The molecule has 0 saturated carbocycles. The highest BCUT2D eigenvalue weighted by molar-refractivity contribution is 7.17. The number of nitrogens with zero attached hydrogens (tertiary/aromatic N) is 2. The number of hydrogen-bond acceptors (Lipinski definition) is 6. The van der Waals surface area contributed by atoms with Crippen molar-refractivity contribution < 1.29 is 23.8 Å². The van der Waals surface area contributed by atoms with E-state index in [2.05, 4.69) is 4.98 Å². The lowest BCUT2D eigenvalue weighted by Gasteiger charge is -2.26. The zero-order valence-electron chi connectivity index (χ0n) is 17.5. The number of ether oxygens (including phenoxy) is 1. The highest BCUT2D eigenvalue weighted by Gasteiger charge is 2.44. The van der Waals surface area contributed by atoms with Crippen molar-refractivity contribution in [2.24, 2.45) is 0 Å². The number of Topliss-reactive ketones (excluding diaryl/α,β-unsaturated/α-hetero) is 1. The summed E-state index contributed by atoms with van der Waals surface area (Å²) < 4.78 is 18.6. The molecule has 1 aliphatic rings. The van der Waals surface area contributed by atoms with Gasteiger partial charge < -0.3 is 14.7 Å². The molecule has 0 radical (unpaired) electrons. The number of amides is 1.